The van der Waals surface area contributed by atoms with Crippen molar-refractivity contribution in [3.63, 3.8) is 0 Å². The van der Waals surface area contributed by atoms with Crippen LogP contribution in [0, 0.1) is 0 Å². The highest BCUT2D eigenvalue weighted by molar-refractivity contribution is 5.69. The molecule has 3 nitrogen and oxygen atoms in total. The van der Waals surface area contributed by atoms with Gasteiger partial charge in [0, 0.05) is 6.54 Å². The maximum absolute atomic E-state index is 10.1. The number of rotatable bonds is 2. The zero-order valence-electron chi connectivity index (χ0n) is 7.77. The van der Waals surface area contributed by atoms with E-state index in [9.17, 15) is 4.79 Å². The molecule has 0 aromatic heterocycles. The van der Waals surface area contributed by atoms with Crippen LogP contribution in [0.15, 0.2) is 36.4 Å². The second-order valence-electron chi connectivity index (χ2n) is 2.27. The van der Waals surface area contributed by atoms with Gasteiger partial charge in [0.15, 0.2) is 0 Å². The van der Waals surface area contributed by atoms with Crippen LogP contribution in [-0.2, 0) is 9.53 Å². The monoisotopic (exact) mass is 181 g/mol. The highest BCUT2D eigenvalue weighted by atomic mass is 16.5. The van der Waals surface area contributed by atoms with Crippen LogP contribution in [0.5, 0.6) is 0 Å². The SMILES string of the molecule is COC(=O)CCN.c1ccccc1. The summed E-state index contributed by atoms with van der Waals surface area (Å²) in [5.41, 5.74) is 5.00. The summed E-state index contributed by atoms with van der Waals surface area (Å²) >= 11 is 0. The van der Waals surface area contributed by atoms with Crippen LogP contribution in [-0.4, -0.2) is 19.6 Å². The molecule has 0 spiro atoms. The van der Waals surface area contributed by atoms with Gasteiger partial charge in [0.1, 0.15) is 0 Å². The first-order valence-corrected chi connectivity index (χ1v) is 4.08. The highest BCUT2D eigenvalue weighted by Crippen LogP contribution is 1.80. The van der Waals surface area contributed by atoms with Crippen molar-refractivity contribution in [2.75, 3.05) is 13.7 Å². The third-order valence-corrected chi connectivity index (χ3v) is 1.24. The molecule has 1 rings (SSSR count). The predicted octanol–water partition coefficient (Wildman–Crippen LogP) is 1.19. The summed E-state index contributed by atoms with van der Waals surface area (Å²) < 4.78 is 4.27. The van der Waals surface area contributed by atoms with Gasteiger partial charge in [-0.15, -0.1) is 0 Å². The Kier molecular flexibility index (Phi) is 7.84. The Balaban J connectivity index is 0.000000223. The van der Waals surface area contributed by atoms with Crippen LogP contribution >= 0.6 is 0 Å². The number of esters is 1. The molecule has 0 saturated heterocycles. The molecule has 72 valence electrons. The fraction of sp³-hybridized carbons (Fsp3) is 0.300. The van der Waals surface area contributed by atoms with Crippen molar-refractivity contribution in [1.29, 1.82) is 0 Å². The summed E-state index contributed by atoms with van der Waals surface area (Å²) in [7, 11) is 1.35. The average Bonchev–Trinajstić information content (AvgIpc) is 2.22. The topological polar surface area (TPSA) is 52.3 Å². The summed E-state index contributed by atoms with van der Waals surface area (Å²) in [6.45, 7) is 0.368. The molecule has 3 heteroatoms. The lowest BCUT2D eigenvalue weighted by molar-refractivity contribution is -0.140. The van der Waals surface area contributed by atoms with Crippen molar-refractivity contribution in [1.82, 2.24) is 0 Å². The molecule has 1 aromatic rings. The van der Waals surface area contributed by atoms with Crippen molar-refractivity contribution < 1.29 is 9.53 Å². The Morgan fingerprint density at radius 3 is 1.69 bits per heavy atom. The van der Waals surface area contributed by atoms with Crippen molar-refractivity contribution in [3.8, 4) is 0 Å². The smallest absolute Gasteiger partial charge is 0.306 e. The average molecular weight is 181 g/mol. The van der Waals surface area contributed by atoms with Crippen LogP contribution in [0.25, 0.3) is 0 Å². The largest absolute Gasteiger partial charge is 0.469 e. The number of methoxy groups -OCH3 is 1. The van der Waals surface area contributed by atoms with Crippen molar-refractivity contribution in [2.24, 2.45) is 5.73 Å². The summed E-state index contributed by atoms with van der Waals surface area (Å²) in [6, 6.07) is 12.0. The van der Waals surface area contributed by atoms with Gasteiger partial charge in [-0.05, 0) is 0 Å². The molecule has 0 heterocycles. The fourth-order valence-electron chi connectivity index (χ4n) is 0.605. The molecular weight excluding hydrogens is 166 g/mol. The summed E-state index contributed by atoms with van der Waals surface area (Å²) in [4.78, 5) is 10.1. The second kappa shape index (κ2) is 8.74. The lowest BCUT2D eigenvalue weighted by Crippen LogP contribution is -2.08. The van der Waals surface area contributed by atoms with E-state index in [2.05, 4.69) is 4.74 Å². The highest BCUT2D eigenvalue weighted by Gasteiger charge is 1.92. The molecule has 13 heavy (non-hydrogen) atoms. The molecule has 0 amide bonds. The number of hydrogen-bond acceptors (Lipinski definition) is 3. The zero-order valence-corrected chi connectivity index (χ0v) is 7.77. The quantitative estimate of drug-likeness (QED) is 0.697. The Hall–Kier alpha value is -1.35. The van der Waals surface area contributed by atoms with Gasteiger partial charge in [-0.2, -0.15) is 0 Å². The number of hydrogen-bond donors (Lipinski definition) is 1. The van der Waals surface area contributed by atoms with Gasteiger partial charge in [0.2, 0.25) is 0 Å². The van der Waals surface area contributed by atoms with E-state index in [0.717, 1.165) is 0 Å². The minimum atomic E-state index is -0.248. The number of benzene rings is 1. The van der Waals surface area contributed by atoms with Crippen molar-refractivity contribution in [3.05, 3.63) is 36.4 Å². The van der Waals surface area contributed by atoms with Gasteiger partial charge in [-0.3, -0.25) is 4.79 Å². The first-order valence-electron chi connectivity index (χ1n) is 4.08. The summed E-state index contributed by atoms with van der Waals surface area (Å²) in [5, 5.41) is 0. The van der Waals surface area contributed by atoms with Crippen LogP contribution in [0.1, 0.15) is 6.42 Å². The van der Waals surface area contributed by atoms with E-state index in [1.54, 1.807) is 0 Å². The zero-order chi connectivity index (χ0) is 9.94. The van der Waals surface area contributed by atoms with Crippen LogP contribution in [0.3, 0.4) is 0 Å². The minimum absolute atomic E-state index is 0.248. The molecule has 0 bridgehead atoms. The van der Waals surface area contributed by atoms with Crippen molar-refractivity contribution >= 4 is 5.97 Å². The van der Waals surface area contributed by atoms with Gasteiger partial charge in [-0.1, -0.05) is 36.4 Å². The van der Waals surface area contributed by atoms with Crippen LogP contribution in [0.4, 0.5) is 0 Å². The third kappa shape index (κ3) is 8.56. The normalized spacial score (nSPS) is 8.15. The van der Waals surface area contributed by atoms with Crippen LogP contribution < -0.4 is 5.73 Å². The van der Waals surface area contributed by atoms with E-state index in [-0.39, 0.29) is 5.97 Å². The van der Waals surface area contributed by atoms with E-state index in [4.69, 9.17) is 5.73 Å². The Morgan fingerprint density at radius 1 is 1.15 bits per heavy atom. The molecular formula is C10H15NO2. The van der Waals surface area contributed by atoms with Gasteiger partial charge >= 0.3 is 5.97 Å². The lowest BCUT2D eigenvalue weighted by atomic mass is 10.4. The third-order valence-electron chi connectivity index (χ3n) is 1.24. The van der Waals surface area contributed by atoms with Crippen molar-refractivity contribution in [2.45, 2.75) is 6.42 Å². The standard InChI is InChI=1S/C6H6.C4H9NO2/c1-2-4-6-5-3-1;1-7-4(6)2-3-5/h1-6H;2-3,5H2,1H3. The molecule has 0 atom stereocenters. The molecule has 2 N–H and O–H groups in total. The van der Waals surface area contributed by atoms with E-state index in [1.807, 2.05) is 36.4 Å². The second-order valence-corrected chi connectivity index (χ2v) is 2.27. The maximum atomic E-state index is 10.1. The predicted molar refractivity (Wildman–Crippen MR) is 52.1 cm³/mol. The Bertz CT molecular complexity index is 185. The van der Waals surface area contributed by atoms with E-state index < -0.39 is 0 Å². The molecule has 0 unspecified atom stereocenters. The number of carbonyl (C=O) groups is 1. The molecule has 0 aliphatic heterocycles. The van der Waals surface area contributed by atoms with Gasteiger partial charge < -0.3 is 10.5 Å². The van der Waals surface area contributed by atoms with Gasteiger partial charge in [0.25, 0.3) is 0 Å². The maximum Gasteiger partial charge on any atom is 0.306 e. The van der Waals surface area contributed by atoms with Gasteiger partial charge in [0.05, 0.1) is 13.5 Å². The number of ether oxygens (including phenoxy) is 1. The first kappa shape index (κ1) is 11.6. The van der Waals surface area contributed by atoms with E-state index >= 15 is 0 Å². The molecule has 0 saturated carbocycles. The molecule has 0 radical (unpaired) electrons. The summed E-state index contributed by atoms with van der Waals surface area (Å²) in [6.07, 6.45) is 0.316. The molecule has 0 aliphatic rings. The number of carbonyl (C=O) groups excluding carboxylic acids is 1. The summed E-state index contributed by atoms with van der Waals surface area (Å²) in [5.74, 6) is -0.248. The lowest BCUT2D eigenvalue weighted by Gasteiger charge is -1.91. The number of nitrogens with two attached hydrogens (primary N) is 1. The van der Waals surface area contributed by atoms with E-state index in [1.165, 1.54) is 7.11 Å². The first-order chi connectivity index (χ1) is 6.31. The molecule has 0 fully saturated rings. The fourth-order valence-corrected chi connectivity index (χ4v) is 0.605. The van der Waals surface area contributed by atoms with Crippen LogP contribution in [0.2, 0.25) is 0 Å². The van der Waals surface area contributed by atoms with E-state index in [0.29, 0.717) is 13.0 Å². The Morgan fingerprint density at radius 2 is 1.54 bits per heavy atom. The minimum Gasteiger partial charge on any atom is -0.469 e. The van der Waals surface area contributed by atoms with Gasteiger partial charge in [-0.25, -0.2) is 0 Å². The molecule has 0 aliphatic carbocycles. The Labute approximate surface area is 78.5 Å². The molecule has 1 aromatic carbocycles.